The van der Waals surface area contributed by atoms with Gasteiger partial charge in [0.15, 0.2) is 0 Å². The first-order valence-corrected chi connectivity index (χ1v) is 7.43. The van der Waals surface area contributed by atoms with Crippen molar-refractivity contribution >= 4 is 5.97 Å². The summed E-state index contributed by atoms with van der Waals surface area (Å²) in [7, 11) is 0. The van der Waals surface area contributed by atoms with Crippen LogP contribution in [-0.2, 0) is 22.4 Å². The number of aliphatic carboxylic acids is 1. The van der Waals surface area contributed by atoms with Crippen LogP contribution in [0.5, 0.6) is 0 Å². The Bertz CT molecular complexity index is 525. The molecule has 5 heteroatoms. The monoisotopic (exact) mass is 278 g/mol. The summed E-state index contributed by atoms with van der Waals surface area (Å²) in [5.74, 6) is 0.702. The van der Waals surface area contributed by atoms with Crippen molar-refractivity contribution in [3.63, 3.8) is 0 Å². The average molecular weight is 278 g/mol. The molecule has 2 heterocycles. The maximum atomic E-state index is 11.1. The molecule has 20 heavy (non-hydrogen) atoms. The third kappa shape index (κ3) is 2.14. The second-order valence-corrected chi connectivity index (χ2v) is 6.26. The number of aromatic amines is 1. The Morgan fingerprint density at radius 3 is 2.70 bits per heavy atom. The summed E-state index contributed by atoms with van der Waals surface area (Å²) in [4.78, 5) is 19.2. The van der Waals surface area contributed by atoms with E-state index in [0.717, 1.165) is 23.6 Å². The molecule has 3 rings (SSSR count). The molecule has 5 atom stereocenters. The van der Waals surface area contributed by atoms with Gasteiger partial charge in [0.25, 0.3) is 0 Å². The SMILES string of the molecule is CC1OC(C)C(c2nc3c([nH]2)CC(C(=O)O)CC3)C1C. The van der Waals surface area contributed by atoms with Crippen molar-refractivity contribution in [3.8, 4) is 0 Å². The van der Waals surface area contributed by atoms with Crippen LogP contribution in [-0.4, -0.2) is 33.3 Å². The van der Waals surface area contributed by atoms with Gasteiger partial charge in [-0.15, -0.1) is 0 Å². The minimum atomic E-state index is -0.702. The minimum absolute atomic E-state index is 0.155. The molecule has 2 aliphatic rings. The van der Waals surface area contributed by atoms with Gasteiger partial charge < -0.3 is 14.8 Å². The van der Waals surface area contributed by atoms with E-state index in [-0.39, 0.29) is 24.0 Å². The van der Waals surface area contributed by atoms with Crippen molar-refractivity contribution in [1.29, 1.82) is 0 Å². The highest BCUT2D eigenvalue weighted by molar-refractivity contribution is 5.70. The summed E-state index contributed by atoms with van der Waals surface area (Å²) >= 11 is 0. The van der Waals surface area contributed by atoms with E-state index in [1.54, 1.807) is 0 Å². The number of hydrogen-bond donors (Lipinski definition) is 2. The van der Waals surface area contributed by atoms with E-state index in [9.17, 15) is 4.79 Å². The van der Waals surface area contributed by atoms with Crippen LogP contribution in [0, 0.1) is 11.8 Å². The van der Waals surface area contributed by atoms with Gasteiger partial charge in [0.05, 0.1) is 23.8 Å². The van der Waals surface area contributed by atoms with Gasteiger partial charge in [-0.25, -0.2) is 4.98 Å². The first kappa shape index (κ1) is 13.6. The Labute approximate surface area is 118 Å². The first-order chi connectivity index (χ1) is 9.47. The highest BCUT2D eigenvalue weighted by Gasteiger charge is 2.40. The smallest absolute Gasteiger partial charge is 0.306 e. The molecule has 0 amide bonds. The van der Waals surface area contributed by atoms with E-state index in [2.05, 4.69) is 25.8 Å². The molecule has 0 aromatic carbocycles. The number of ether oxygens (including phenoxy) is 1. The predicted molar refractivity (Wildman–Crippen MR) is 73.7 cm³/mol. The van der Waals surface area contributed by atoms with Crippen molar-refractivity contribution in [1.82, 2.24) is 9.97 Å². The van der Waals surface area contributed by atoms with E-state index >= 15 is 0 Å². The third-order valence-electron chi connectivity index (χ3n) is 4.97. The Hall–Kier alpha value is -1.36. The lowest BCUT2D eigenvalue weighted by Crippen LogP contribution is -2.22. The van der Waals surface area contributed by atoms with Gasteiger partial charge in [-0.05, 0) is 32.6 Å². The van der Waals surface area contributed by atoms with E-state index < -0.39 is 5.97 Å². The van der Waals surface area contributed by atoms with E-state index in [1.807, 2.05) is 0 Å². The molecule has 1 aromatic heterocycles. The van der Waals surface area contributed by atoms with Crippen LogP contribution >= 0.6 is 0 Å². The quantitative estimate of drug-likeness (QED) is 0.869. The minimum Gasteiger partial charge on any atom is -0.481 e. The van der Waals surface area contributed by atoms with Crippen molar-refractivity contribution in [2.45, 2.75) is 58.2 Å². The molecular weight excluding hydrogens is 256 g/mol. The summed E-state index contributed by atoms with van der Waals surface area (Å²) < 4.78 is 5.88. The van der Waals surface area contributed by atoms with Gasteiger partial charge in [-0.3, -0.25) is 4.79 Å². The van der Waals surface area contributed by atoms with Crippen LogP contribution < -0.4 is 0 Å². The molecule has 1 aromatic rings. The fourth-order valence-electron chi connectivity index (χ4n) is 3.61. The molecule has 0 bridgehead atoms. The first-order valence-electron chi connectivity index (χ1n) is 7.43. The van der Waals surface area contributed by atoms with Gasteiger partial charge in [0.2, 0.25) is 0 Å². The maximum absolute atomic E-state index is 11.1. The normalized spacial score (nSPS) is 36.9. The zero-order valence-electron chi connectivity index (χ0n) is 12.2. The fourth-order valence-corrected chi connectivity index (χ4v) is 3.61. The fraction of sp³-hybridized carbons (Fsp3) is 0.733. The summed E-state index contributed by atoms with van der Waals surface area (Å²) in [6.45, 7) is 6.39. The van der Waals surface area contributed by atoms with E-state index in [0.29, 0.717) is 18.8 Å². The van der Waals surface area contributed by atoms with Crippen LogP contribution in [0.25, 0.3) is 0 Å². The number of carboxylic acids is 1. The van der Waals surface area contributed by atoms with Gasteiger partial charge in [-0.1, -0.05) is 6.92 Å². The molecule has 0 spiro atoms. The molecule has 0 saturated carbocycles. The lowest BCUT2D eigenvalue weighted by atomic mass is 9.89. The molecule has 0 radical (unpaired) electrons. The lowest BCUT2D eigenvalue weighted by molar-refractivity contribution is -0.142. The molecule has 110 valence electrons. The molecule has 1 fully saturated rings. The van der Waals surface area contributed by atoms with Gasteiger partial charge in [0, 0.05) is 18.0 Å². The highest BCUT2D eigenvalue weighted by Crippen LogP contribution is 2.39. The predicted octanol–water partition coefficient (Wildman–Crippen LogP) is 2.13. The Balaban J connectivity index is 1.85. The highest BCUT2D eigenvalue weighted by atomic mass is 16.5. The number of aromatic nitrogens is 2. The number of aryl methyl sites for hydroxylation is 1. The number of nitrogens with one attached hydrogen (secondary N) is 1. The van der Waals surface area contributed by atoms with Crippen LogP contribution in [0.1, 0.15) is 50.3 Å². The summed E-state index contributed by atoms with van der Waals surface area (Å²) in [6, 6.07) is 0. The van der Waals surface area contributed by atoms with Crippen LogP contribution in [0.3, 0.4) is 0 Å². The second kappa shape index (κ2) is 4.88. The van der Waals surface area contributed by atoms with Crippen molar-refractivity contribution in [2.75, 3.05) is 0 Å². The molecule has 1 aliphatic heterocycles. The number of carbonyl (C=O) groups is 1. The van der Waals surface area contributed by atoms with Gasteiger partial charge in [-0.2, -0.15) is 0 Å². The van der Waals surface area contributed by atoms with Crippen molar-refractivity contribution in [2.24, 2.45) is 11.8 Å². The molecule has 5 nitrogen and oxygen atoms in total. The van der Waals surface area contributed by atoms with Gasteiger partial charge >= 0.3 is 5.97 Å². The zero-order valence-corrected chi connectivity index (χ0v) is 12.2. The van der Waals surface area contributed by atoms with E-state index in [4.69, 9.17) is 14.8 Å². The largest absolute Gasteiger partial charge is 0.481 e. The number of hydrogen-bond acceptors (Lipinski definition) is 3. The molecule has 1 saturated heterocycles. The standard InChI is InChI=1S/C15H22N2O3/c1-7-8(2)20-9(3)13(7)14-16-11-5-4-10(15(18)19)6-12(11)17-14/h7-10,13H,4-6H2,1-3H3,(H,16,17)(H,18,19). The number of carboxylic acid groups (broad SMARTS) is 1. The average Bonchev–Trinajstić information content (AvgIpc) is 2.90. The Morgan fingerprint density at radius 1 is 1.35 bits per heavy atom. The van der Waals surface area contributed by atoms with Crippen molar-refractivity contribution < 1.29 is 14.6 Å². The Morgan fingerprint density at radius 2 is 2.10 bits per heavy atom. The summed E-state index contributed by atoms with van der Waals surface area (Å²) in [6.07, 6.45) is 2.42. The van der Waals surface area contributed by atoms with Crippen LogP contribution in [0.2, 0.25) is 0 Å². The number of imidazole rings is 1. The maximum Gasteiger partial charge on any atom is 0.306 e. The van der Waals surface area contributed by atoms with E-state index in [1.165, 1.54) is 0 Å². The Kier molecular flexibility index (Phi) is 3.32. The lowest BCUT2D eigenvalue weighted by Gasteiger charge is -2.16. The molecule has 5 unspecified atom stereocenters. The number of rotatable bonds is 2. The summed E-state index contributed by atoms with van der Waals surface area (Å²) in [5, 5.41) is 9.15. The van der Waals surface area contributed by atoms with Crippen LogP contribution in [0.4, 0.5) is 0 Å². The van der Waals surface area contributed by atoms with Gasteiger partial charge in [0.1, 0.15) is 5.82 Å². The van der Waals surface area contributed by atoms with Crippen molar-refractivity contribution in [3.05, 3.63) is 17.2 Å². The second-order valence-electron chi connectivity index (χ2n) is 6.26. The number of nitrogens with zero attached hydrogens (tertiary/aromatic N) is 1. The third-order valence-corrected chi connectivity index (χ3v) is 4.97. The zero-order chi connectivity index (χ0) is 14.4. The summed E-state index contributed by atoms with van der Waals surface area (Å²) in [5.41, 5.74) is 2.06. The number of fused-ring (bicyclic) bond motifs is 1. The molecule has 2 N–H and O–H groups in total. The number of H-pyrrole nitrogens is 1. The molecular formula is C15H22N2O3. The topological polar surface area (TPSA) is 75.2 Å². The van der Waals surface area contributed by atoms with Crippen LogP contribution in [0.15, 0.2) is 0 Å². The molecule has 1 aliphatic carbocycles.